The Morgan fingerprint density at radius 3 is 2.48 bits per heavy atom. The fraction of sp³-hybridized carbons (Fsp3) is 0.571. The summed E-state index contributed by atoms with van der Waals surface area (Å²) >= 11 is 11.9. The molecule has 0 heterocycles. The van der Waals surface area contributed by atoms with Crippen LogP contribution in [0.2, 0.25) is 10.0 Å². The van der Waals surface area contributed by atoms with Crippen LogP contribution in [0.3, 0.4) is 0 Å². The van der Waals surface area contributed by atoms with Crippen LogP contribution >= 0.6 is 23.2 Å². The Kier molecular flexibility index (Phi) is 5.90. The zero-order valence-corrected chi connectivity index (χ0v) is 13.1. The Labute approximate surface area is 132 Å². The summed E-state index contributed by atoms with van der Waals surface area (Å²) < 4.78 is 34.2. The monoisotopic (exact) mass is 339 g/mol. The predicted octanol–water partition coefficient (Wildman–Crippen LogP) is 4.96. The average molecular weight is 340 g/mol. The molecule has 1 saturated carbocycles. The van der Waals surface area contributed by atoms with Crippen LogP contribution < -0.4 is 10.1 Å². The van der Waals surface area contributed by atoms with Crippen LogP contribution in [0, 0.1) is 0 Å². The van der Waals surface area contributed by atoms with Gasteiger partial charge in [0.15, 0.2) is 5.75 Å². The van der Waals surface area contributed by atoms with Crippen molar-refractivity contribution < 1.29 is 18.3 Å². The lowest BCUT2D eigenvalue weighted by atomic mass is 9.92. The lowest BCUT2D eigenvalue weighted by Crippen LogP contribution is -2.31. The molecular formula is C14H17Cl2F2NO2. The standard InChI is InChI=1S/C14H17Cl2F2NO2/c1-20-10-4-2-3-8(5-10)19-9-6-11(15)13(12(16)7-9)21-14(17)18/h6-8,10,14,19H,2-5H2,1H3. The molecule has 2 rings (SSSR count). The molecule has 1 aliphatic carbocycles. The summed E-state index contributed by atoms with van der Waals surface area (Å²) in [6, 6.07) is 3.33. The van der Waals surface area contributed by atoms with Gasteiger partial charge in [-0.3, -0.25) is 0 Å². The first-order chi connectivity index (χ1) is 9.99. The highest BCUT2D eigenvalue weighted by Crippen LogP contribution is 2.37. The highest BCUT2D eigenvalue weighted by atomic mass is 35.5. The van der Waals surface area contributed by atoms with Crippen LogP contribution in [-0.4, -0.2) is 25.9 Å². The van der Waals surface area contributed by atoms with Crippen molar-refractivity contribution in [1.82, 2.24) is 0 Å². The predicted molar refractivity (Wildman–Crippen MR) is 79.8 cm³/mol. The highest BCUT2D eigenvalue weighted by Gasteiger charge is 2.22. The Bertz CT molecular complexity index is 465. The molecule has 3 nitrogen and oxygen atoms in total. The second kappa shape index (κ2) is 7.47. The maximum absolute atomic E-state index is 12.3. The average Bonchev–Trinajstić information content (AvgIpc) is 2.43. The molecule has 7 heteroatoms. The maximum atomic E-state index is 12.3. The van der Waals surface area contributed by atoms with E-state index in [2.05, 4.69) is 10.1 Å². The number of halogens is 4. The first kappa shape index (κ1) is 16.6. The van der Waals surface area contributed by atoms with Gasteiger partial charge in [-0.1, -0.05) is 23.2 Å². The smallest absolute Gasteiger partial charge is 0.387 e. The maximum Gasteiger partial charge on any atom is 0.387 e. The van der Waals surface area contributed by atoms with Crippen LogP contribution in [0.5, 0.6) is 5.75 Å². The van der Waals surface area contributed by atoms with Gasteiger partial charge in [0.2, 0.25) is 0 Å². The number of anilines is 1. The van der Waals surface area contributed by atoms with Crippen molar-refractivity contribution >= 4 is 28.9 Å². The summed E-state index contributed by atoms with van der Waals surface area (Å²) in [6.45, 7) is -2.96. The third kappa shape index (κ3) is 4.59. The van der Waals surface area contributed by atoms with Gasteiger partial charge in [-0.15, -0.1) is 0 Å². The van der Waals surface area contributed by atoms with Crippen molar-refractivity contribution in [1.29, 1.82) is 0 Å². The largest absolute Gasteiger partial charge is 0.432 e. The van der Waals surface area contributed by atoms with Gasteiger partial charge in [0.25, 0.3) is 0 Å². The van der Waals surface area contributed by atoms with E-state index in [9.17, 15) is 8.78 Å². The van der Waals surface area contributed by atoms with Gasteiger partial charge < -0.3 is 14.8 Å². The summed E-state index contributed by atoms with van der Waals surface area (Å²) in [5.41, 5.74) is 0.688. The third-order valence-corrected chi connectivity index (χ3v) is 4.10. The van der Waals surface area contributed by atoms with Crippen LogP contribution in [0.4, 0.5) is 14.5 Å². The summed E-state index contributed by atoms with van der Waals surface area (Å²) in [4.78, 5) is 0. The van der Waals surface area contributed by atoms with Crippen molar-refractivity contribution in [2.24, 2.45) is 0 Å². The number of hydrogen-bond acceptors (Lipinski definition) is 3. The fourth-order valence-corrected chi connectivity index (χ4v) is 3.15. The molecule has 0 spiro atoms. The molecule has 118 valence electrons. The van der Waals surface area contributed by atoms with Crippen LogP contribution in [0.1, 0.15) is 25.7 Å². The van der Waals surface area contributed by atoms with Gasteiger partial charge in [-0.05, 0) is 37.8 Å². The Hall–Kier alpha value is -0.780. The van der Waals surface area contributed by atoms with Gasteiger partial charge in [-0.2, -0.15) is 8.78 Å². The van der Waals surface area contributed by atoms with Gasteiger partial charge in [-0.25, -0.2) is 0 Å². The first-order valence-corrected chi connectivity index (χ1v) is 7.48. The molecule has 2 unspecified atom stereocenters. The quantitative estimate of drug-likeness (QED) is 0.821. The van der Waals surface area contributed by atoms with Crippen molar-refractivity contribution in [2.45, 2.75) is 44.4 Å². The Morgan fingerprint density at radius 2 is 1.90 bits per heavy atom. The van der Waals surface area contributed by atoms with E-state index in [1.54, 1.807) is 19.2 Å². The van der Waals surface area contributed by atoms with Gasteiger partial charge in [0, 0.05) is 18.8 Å². The molecule has 1 aliphatic rings. The number of nitrogens with one attached hydrogen (secondary N) is 1. The molecule has 0 radical (unpaired) electrons. The van der Waals surface area contributed by atoms with Crippen molar-refractivity contribution in [3.05, 3.63) is 22.2 Å². The molecule has 1 fully saturated rings. The van der Waals surface area contributed by atoms with Crippen LogP contribution in [0.25, 0.3) is 0 Å². The van der Waals surface area contributed by atoms with Crippen LogP contribution in [0.15, 0.2) is 12.1 Å². The van der Waals surface area contributed by atoms with E-state index in [1.165, 1.54) is 0 Å². The number of benzene rings is 1. The minimum Gasteiger partial charge on any atom is -0.432 e. The topological polar surface area (TPSA) is 30.5 Å². The minimum absolute atomic E-state index is 0.0596. The minimum atomic E-state index is -2.96. The lowest BCUT2D eigenvalue weighted by molar-refractivity contribution is -0.0497. The lowest BCUT2D eigenvalue weighted by Gasteiger charge is -2.29. The van der Waals surface area contributed by atoms with Crippen LogP contribution in [-0.2, 0) is 4.74 Å². The van der Waals surface area contributed by atoms with E-state index >= 15 is 0 Å². The first-order valence-electron chi connectivity index (χ1n) is 6.72. The Balaban J connectivity index is 2.07. The molecule has 1 aromatic rings. The number of methoxy groups -OCH3 is 1. The van der Waals surface area contributed by atoms with Crippen molar-refractivity contribution in [3.63, 3.8) is 0 Å². The number of ether oxygens (including phenoxy) is 2. The molecule has 2 atom stereocenters. The summed E-state index contributed by atoms with van der Waals surface area (Å²) in [5, 5.41) is 3.43. The van der Waals surface area contributed by atoms with Gasteiger partial charge >= 0.3 is 6.61 Å². The summed E-state index contributed by atoms with van der Waals surface area (Å²) in [6.07, 6.45) is 4.27. The molecule has 1 N–H and O–H groups in total. The van der Waals surface area contributed by atoms with E-state index < -0.39 is 6.61 Å². The van der Waals surface area contributed by atoms with E-state index in [1.807, 2.05) is 0 Å². The molecule has 1 aromatic carbocycles. The molecule has 0 amide bonds. The molecule has 0 saturated heterocycles. The summed E-state index contributed by atoms with van der Waals surface area (Å²) in [7, 11) is 1.71. The fourth-order valence-electron chi connectivity index (χ4n) is 2.57. The van der Waals surface area contributed by atoms with Crippen molar-refractivity contribution in [3.8, 4) is 5.75 Å². The van der Waals surface area contributed by atoms with E-state index in [4.69, 9.17) is 27.9 Å². The SMILES string of the molecule is COC1CCCC(Nc2cc(Cl)c(OC(F)F)c(Cl)c2)C1. The Morgan fingerprint density at radius 1 is 1.24 bits per heavy atom. The molecule has 0 bridgehead atoms. The zero-order chi connectivity index (χ0) is 15.4. The summed E-state index contributed by atoms with van der Waals surface area (Å²) in [5.74, 6) is -0.197. The molecule has 21 heavy (non-hydrogen) atoms. The van der Waals surface area contributed by atoms with Gasteiger partial charge in [0.1, 0.15) is 0 Å². The zero-order valence-electron chi connectivity index (χ0n) is 11.5. The highest BCUT2D eigenvalue weighted by molar-refractivity contribution is 6.37. The van der Waals surface area contributed by atoms with Gasteiger partial charge in [0.05, 0.1) is 16.1 Å². The van der Waals surface area contributed by atoms with E-state index in [-0.39, 0.29) is 27.9 Å². The normalized spacial score (nSPS) is 22.4. The van der Waals surface area contributed by atoms with E-state index in [0.29, 0.717) is 5.69 Å². The molecular weight excluding hydrogens is 323 g/mol. The number of hydrogen-bond donors (Lipinski definition) is 1. The molecule has 0 aliphatic heterocycles. The van der Waals surface area contributed by atoms with Crippen molar-refractivity contribution in [2.75, 3.05) is 12.4 Å². The third-order valence-electron chi connectivity index (χ3n) is 3.54. The second-order valence-corrected chi connectivity index (χ2v) is 5.83. The number of rotatable bonds is 5. The number of alkyl halides is 2. The molecule has 0 aromatic heterocycles. The second-order valence-electron chi connectivity index (χ2n) is 5.01. The van der Waals surface area contributed by atoms with E-state index in [0.717, 1.165) is 25.7 Å².